The van der Waals surface area contributed by atoms with Gasteiger partial charge in [-0.3, -0.25) is 0 Å². The van der Waals surface area contributed by atoms with Crippen molar-refractivity contribution in [3.05, 3.63) is 36.5 Å². The Morgan fingerprint density at radius 1 is 0.632 bits per heavy atom. The van der Waals surface area contributed by atoms with Gasteiger partial charge in [0.15, 0.2) is 0 Å². The maximum Gasteiger partial charge on any atom is 0.334 e. The fourth-order valence-electron chi connectivity index (χ4n) is 8.46. The van der Waals surface area contributed by atoms with Crippen LogP contribution in [0.2, 0.25) is 0 Å². The zero-order valence-electron chi connectivity index (χ0n) is 22.9. The summed E-state index contributed by atoms with van der Waals surface area (Å²) in [7, 11) is 0. The first-order valence-electron chi connectivity index (χ1n) is 14.6. The lowest BCUT2D eigenvalue weighted by atomic mass is 9.92. The lowest BCUT2D eigenvalue weighted by Crippen LogP contribution is -2.38. The molecule has 0 aliphatic heterocycles. The quantitative estimate of drug-likeness (QED) is 0.181. The molecule has 6 aliphatic carbocycles. The summed E-state index contributed by atoms with van der Waals surface area (Å²) in [5.74, 6) is 0.455. The molecule has 206 valence electrons. The molecule has 6 nitrogen and oxygen atoms in total. The standard InChI is InChI=1S/C32H42O6/c1-20(30-11-5-8-23(30)14-30)26(33)36-17-29(4,18-37-27(34)21(2)31-12-6-9-24(31)15-31)19-38-28(35)22(3)32-13-7-10-25(32)16-32/h23-25H,1-3,5-19H2,4H3. The van der Waals surface area contributed by atoms with E-state index in [1.807, 2.05) is 6.92 Å². The van der Waals surface area contributed by atoms with Crippen molar-refractivity contribution in [1.82, 2.24) is 0 Å². The molecule has 38 heavy (non-hydrogen) atoms. The normalized spacial score (nSPS) is 38.6. The molecule has 0 aromatic carbocycles. The van der Waals surface area contributed by atoms with Crippen LogP contribution in [0.5, 0.6) is 0 Å². The maximum atomic E-state index is 13.0. The van der Waals surface area contributed by atoms with Crippen molar-refractivity contribution >= 4 is 17.9 Å². The molecule has 0 radical (unpaired) electrons. The van der Waals surface area contributed by atoms with E-state index in [-0.39, 0.29) is 36.1 Å². The van der Waals surface area contributed by atoms with E-state index in [0.717, 1.165) is 77.0 Å². The molecule has 0 bridgehead atoms. The van der Waals surface area contributed by atoms with E-state index in [4.69, 9.17) is 14.2 Å². The molecule has 0 heterocycles. The van der Waals surface area contributed by atoms with Gasteiger partial charge < -0.3 is 14.2 Å². The minimum Gasteiger partial charge on any atom is -0.461 e. The fourth-order valence-corrected chi connectivity index (χ4v) is 8.46. The summed E-state index contributed by atoms with van der Waals surface area (Å²) in [6, 6.07) is 0. The van der Waals surface area contributed by atoms with E-state index in [1.54, 1.807) is 0 Å². The first-order valence-corrected chi connectivity index (χ1v) is 14.6. The molecule has 6 heteroatoms. The number of fused-ring (bicyclic) bond motifs is 3. The summed E-state index contributed by atoms with van der Waals surface area (Å²) >= 11 is 0. The summed E-state index contributed by atoms with van der Waals surface area (Å²) in [5.41, 5.74) is 0.528. The van der Waals surface area contributed by atoms with Crippen LogP contribution in [0.25, 0.3) is 0 Å². The van der Waals surface area contributed by atoms with Crippen molar-refractivity contribution in [3.8, 4) is 0 Å². The third-order valence-electron chi connectivity index (χ3n) is 11.4. The zero-order valence-corrected chi connectivity index (χ0v) is 22.9. The van der Waals surface area contributed by atoms with Crippen LogP contribution in [0.3, 0.4) is 0 Å². The first kappa shape index (κ1) is 25.9. The van der Waals surface area contributed by atoms with Gasteiger partial charge in [0.05, 0.1) is 5.41 Å². The van der Waals surface area contributed by atoms with Gasteiger partial charge in [-0.05, 0) is 82.5 Å². The van der Waals surface area contributed by atoms with E-state index in [9.17, 15) is 14.4 Å². The number of carbonyl (C=O) groups excluding carboxylic acids is 3. The predicted octanol–water partition coefficient (Wildman–Crippen LogP) is 5.86. The Morgan fingerprint density at radius 3 is 1.13 bits per heavy atom. The largest absolute Gasteiger partial charge is 0.461 e. The van der Waals surface area contributed by atoms with Crippen LogP contribution in [-0.2, 0) is 28.6 Å². The summed E-state index contributed by atoms with van der Waals surface area (Å²) in [5, 5.41) is 0. The SMILES string of the molecule is C=C(C(=O)OCC(C)(COC(=O)C(=C)C12CCCC1C2)COC(=O)C(=C)C12CCCC1C2)C12CCCC1C2. The lowest BCUT2D eigenvalue weighted by molar-refractivity contribution is -0.156. The molecule has 0 saturated heterocycles. The number of rotatable bonds is 12. The Bertz CT molecular complexity index is 983. The number of esters is 3. The van der Waals surface area contributed by atoms with Crippen molar-refractivity contribution in [2.75, 3.05) is 19.8 Å². The molecule has 6 unspecified atom stereocenters. The molecule has 0 spiro atoms. The van der Waals surface area contributed by atoms with Crippen LogP contribution in [-0.4, -0.2) is 37.7 Å². The molecule has 6 atom stereocenters. The lowest BCUT2D eigenvalue weighted by Gasteiger charge is -2.29. The summed E-state index contributed by atoms with van der Waals surface area (Å²) in [6.07, 6.45) is 12.8. The molecule has 0 aromatic heterocycles. The van der Waals surface area contributed by atoms with E-state index >= 15 is 0 Å². The highest BCUT2D eigenvalue weighted by Crippen LogP contribution is 2.69. The van der Waals surface area contributed by atoms with Gasteiger partial charge in [-0.25, -0.2) is 14.4 Å². The van der Waals surface area contributed by atoms with Crippen LogP contribution in [0.4, 0.5) is 0 Å². The van der Waals surface area contributed by atoms with Crippen molar-refractivity contribution in [2.24, 2.45) is 39.4 Å². The summed E-state index contributed by atoms with van der Waals surface area (Å²) in [4.78, 5) is 38.9. The summed E-state index contributed by atoms with van der Waals surface area (Å²) in [6.45, 7) is 14.0. The number of hydrogen-bond acceptors (Lipinski definition) is 6. The molecule has 6 aliphatic rings. The van der Waals surface area contributed by atoms with E-state index in [0.29, 0.717) is 34.5 Å². The minimum atomic E-state index is -0.898. The smallest absolute Gasteiger partial charge is 0.334 e. The van der Waals surface area contributed by atoms with Gasteiger partial charge in [0.1, 0.15) is 19.8 Å². The molecule has 6 saturated carbocycles. The van der Waals surface area contributed by atoms with E-state index in [1.165, 1.54) is 0 Å². The Kier molecular flexibility index (Phi) is 6.01. The molecular formula is C32H42O6. The fraction of sp³-hybridized carbons (Fsp3) is 0.719. The van der Waals surface area contributed by atoms with Gasteiger partial charge in [0.2, 0.25) is 0 Å². The zero-order chi connectivity index (χ0) is 26.9. The second-order valence-corrected chi connectivity index (χ2v) is 13.8. The predicted molar refractivity (Wildman–Crippen MR) is 142 cm³/mol. The Balaban J connectivity index is 1.08. The van der Waals surface area contributed by atoms with Crippen molar-refractivity contribution < 1.29 is 28.6 Å². The maximum absolute atomic E-state index is 13.0. The molecule has 6 fully saturated rings. The number of hydrogen-bond donors (Lipinski definition) is 0. The Labute approximate surface area is 226 Å². The molecular weight excluding hydrogens is 480 g/mol. The van der Waals surface area contributed by atoms with Crippen molar-refractivity contribution in [1.29, 1.82) is 0 Å². The van der Waals surface area contributed by atoms with Crippen LogP contribution < -0.4 is 0 Å². The Morgan fingerprint density at radius 2 is 0.921 bits per heavy atom. The minimum absolute atomic E-state index is 0.0351. The van der Waals surface area contributed by atoms with Crippen LogP contribution >= 0.6 is 0 Å². The third-order valence-corrected chi connectivity index (χ3v) is 11.4. The van der Waals surface area contributed by atoms with E-state index < -0.39 is 23.3 Å². The average molecular weight is 523 g/mol. The molecule has 0 N–H and O–H groups in total. The van der Waals surface area contributed by atoms with Gasteiger partial charge in [0.25, 0.3) is 0 Å². The first-order chi connectivity index (χ1) is 18.1. The van der Waals surface area contributed by atoms with E-state index in [2.05, 4.69) is 19.7 Å². The second-order valence-electron chi connectivity index (χ2n) is 13.8. The highest BCUT2D eigenvalue weighted by molar-refractivity contribution is 5.91. The number of carbonyl (C=O) groups is 3. The van der Waals surface area contributed by atoms with Gasteiger partial charge in [-0.1, -0.05) is 39.0 Å². The van der Waals surface area contributed by atoms with Crippen LogP contribution in [0.1, 0.15) is 84.0 Å². The van der Waals surface area contributed by atoms with Crippen LogP contribution in [0, 0.1) is 39.4 Å². The third kappa shape index (κ3) is 4.08. The monoisotopic (exact) mass is 522 g/mol. The van der Waals surface area contributed by atoms with Crippen molar-refractivity contribution in [2.45, 2.75) is 84.0 Å². The highest BCUT2D eigenvalue weighted by atomic mass is 16.6. The van der Waals surface area contributed by atoms with Crippen LogP contribution in [0.15, 0.2) is 36.5 Å². The highest BCUT2D eigenvalue weighted by Gasteiger charge is 2.62. The van der Waals surface area contributed by atoms with Crippen molar-refractivity contribution in [3.63, 3.8) is 0 Å². The van der Waals surface area contributed by atoms with Gasteiger partial charge >= 0.3 is 17.9 Å². The second kappa shape index (κ2) is 8.82. The Hall–Kier alpha value is -2.37. The number of ether oxygens (including phenoxy) is 3. The van der Waals surface area contributed by atoms with Gasteiger partial charge in [-0.15, -0.1) is 0 Å². The molecule has 0 amide bonds. The average Bonchev–Trinajstić information content (AvgIpc) is 3.84. The van der Waals surface area contributed by atoms with Gasteiger partial charge in [0, 0.05) is 33.0 Å². The summed E-state index contributed by atoms with van der Waals surface area (Å²) < 4.78 is 17.2. The molecule has 6 rings (SSSR count). The topological polar surface area (TPSA) is 78.9 Å². The molecule has 0 aromatic rings. The van der Waals surface area contributed by atoms with Gasteiger partial charge in [-0.2, -0.15) is 0 Å².